The fraction of sp³-hybridized carbons (Fsp3) is 0.267. The van der Waals surface area contributed by atoms with Gasteiger partial charge in [0.15, 0.2) is 5.69 Å². The molecule has 28 heavy (non-hydrogen) atoms. The van der Waals surface area contributed by atoms with Crippen molar-refractivity contribution >= 4 is 50.0 Å². The van der Waals surface area contributed by atoms with E-state index in [9.17, 15) is 9.18 Å². The van der Waals surface area contributed by atoms with Crippen molar-refractivity contribution in [2.75, 3.05) is 31.7 Å². The van der Waals surface area contributed by atoms with E-state index in [4.69, 9.17) is 21.4 Å². The zero-order chi connectivity index (χ0) is 20.3. The van der Waals surface area contributed by atoms with Crippen molar-refractivity contribution < 1.29 is 13.5 Å². The predicted octanol–water partition coefficient (Wildman–Crippen LogP) is 2.77. The second-order valence-electron chi connectivity index (χ2n) is 5.60. The van der Waals surface area contributed by atoms with E-state index in [2.05, 4.69) is 36.7 Å². The maximum absolute atomic E-state index is 13.5. The number of thiocarbonyl (C=S) groups is 1. The average Bonchev–Trinajstić information content (AvgIpc) is 3.27. The van der Waals surface area contributed by atoms with Crippen LogP contribution in [-0.2, 0) is 0 Å². The number of halogens is 2. The fourth-order valence-electron chi connectivity index (χ4n) is 2.14. The monoisotopic (exact) mass is 488 g/mol. The second-order valence-corrected chi connectivity index (χ2v) is 8.19. The molecule has 0 atom stereocenters. The Morgan fingerprint density at radius 1 is 1.39 bits per heavy atom. The van der Waals surface area contributed by atoms with E-state index in [0.29, 0.717) is 23.8 Å². The van der Waals surface area contributed by atoms with Gasteiger partial charge in [-0.2, -0.15) is 0 Å². The Morgan fingerprint density at radius 2 is 2.18 bits per heavy atom. The zero-order valence-corrected chi connectivity index (χ0v) is 17.9. The van der Waals surface area contributed by atoms with Crippen LogP contribution in [0.2, 0.25) is 0 Å². The van der Waals surface area contributed by atoms with E-state index in [-0.39, 0.29) is 16.0 Å². The molecule has 3 rings (SSSR count). The van der Waals surface area contributed by atoms with Gasteiger partial charge in [0.25, 0.3) is 0 Å². The van der Waals surface area contributed by atoms with Crippen LogP contribution >= 0.6 is 39.9 Å². The van der Waals surface area contributed by atoms with Crippen LogP contribution in [0.25, 0.3) is 17.2 Å². The Bertz CT molecular complexity index is 1050. The highest BCUT2D eigenvalue weighted by atomic mass is 79.9. The minimum absolute atomic E-state index is 0.0729. The third kappa shape index (κ3) is 4.42. The lowest BCUT2D eigenvalue weighted by Crippen LogP contribution is -2.18. The number of aromatic nitrogens is 4. The number of hydrogen-bond acceptors (Lipinski definition) is 9. The van der Waals surface area contributed by atoms with Crippen LogP contribution in [0.15, 0.2) is 36.6 Å². The molecule has 0 spiro atoms. The fourth-order valence-corrected chi connectivity index (χ4v) is 3.39. The van der Waals surface area contributed by atoms with E-state index >= 15 is 0 Å². The van der Waals surface area contributed by atoms with Crippen molar-refractivity contribution in [3.05, 3.63) is 39.0 Å². The van der Waals surface area contributed by atoms with E-state index in [0.717, 1.165) is 8.89 Å². The largest absolute Gasteiger partial charge is 0.446 e. The van der Waals surface area contributed by atoms with Crippen LogP contribution in [0.5, 0.6) is 0 Å². The molecule has 148 valence electrons. The summed E-state index contributed by atoms with van der Waals surface area (Å²) in [5.41, 5.74) is 0.529. The molecule has 3 aromatic rings. The summed E-state index contributed by atoms with van der Waals surface area (Å²) in [5, 5.41) is 14.4. The van der Waals surface area contributed by atoms with Crippen LogP contribution in [0.3, 0.4) is 0 Å². The third-order valence-electron chi connectivity index (χ3n) is 3.45. The number of anilines is 1. The number of nitrogens with zero attached hydrogens (tertiary/aromatic N) is 5. The van der Waals surface area contributed by atoms with Crippen LogP contribution < -0.4 is 11.1 Å². The van der Waals surface area contributed by atoms with Gasteiger partial charge in [-0.25, -0.2) is 18.4 Å². The quantitative estimate of drug-likeness (QED) is 0.411. The van der Waals surface area contributed by atoms with Crippen LogP contribution in [-0.4, -0.2) is 55.7 Å². The molecule has 0 aliphatic carbocycles. The van der Waals surface area contributed by atoms with Crippen molar-refractivity contribution in [3.8, 4) is 17.2 Å². The summed E-state index contributed by atoms with van der Waals surface area (Å²) in [5.74, 6) is -0.175. The lowest BCUT2D eigenvalue weighted by molar-refractivity contribution is 0.309. The molecule has 0 radical (unpaired) electrons. The number of hydrogen-bond donors (Lipinski definition) is 1. The average molecular weight is 489 g/mol. The highest BCUT2D eigenvalue weighted by Gasteiger charge is 2.23. The van der Waals surface area contributed by atoms with Gasteiger partial charge in [-0.15, -0.1) is 0 Å². The standard InChI is InChI=1S/C15H14BrFN6O3S2/c1-22(2)15(27)28-6-5-18-12-11(19-26-20-12)13-21-25-14(24)23(13)8-3-4-10(17)9(16)7-8/h3-4,7H,5-6H2,1-2H3,(H,18,20). The minimum Gasteiger partial charge on any atom is -0.364 e. The van der Waals surface area contributed by atoms with Crippen molar-refractivity contribution in [1.82, 2.24) is 24.9 Å². The normalized spacial score (nSPS) is 10.9. The van der Waals surface area contributed by atoms with Crippen molar-refractivity contribution in [2.24, 2.45) is 0 Å². The van der Waals surface area contributed by atoms with E-state index < -0.39 is 11.6 Å². The molecule has 0 amide bonds. The Hall–Kier alpha value is -2.25. The Kier molecular flexibility index (Phi) is 6.46. The molecule has 1 N–H and O–H groups in total. The first-order chi connectivity index (χ1) is 13.4. The van der Waals surface area contributed by atoms with Gasteiger partial charge < -0.3 is 10.2 Å². The van der Waals surface area contributed by atoms with Gasteiger partial charge >= 0.3 is 5.76 Å². The summed E-state index contributed by atoms with van der Waals surface area (Å²) >= 11 is 9.80. The highest BCUT2D eigenvalue weighted by molar-refractivity contribution is 9.10. The van der Waals surface area contributed by atoms with Gasteiger partial charge in [0.1, 0.15) is 10.1 Å². The third-order valence-corrected chi connectivity index (χ3v) is 5.80. The first-order valence-electron chi connectivity index (χ1n) is 7.83. The Labute approximate surface area is 176 Å². The molecular formula is C15H14BrFN6O3S2. The molecule has 0 aliphatic heterocycles. The lowest BCUT2D eigenvalue weighted by Gasteiger charge is -2.12. The van der Waals surface area contributed by atoms with Gasteiger partial charge in [-0.05, 0) is 44.4 Å². The predicted molar refractivity (Wildman–Crippen MR) is 110 cm³/mol. The molecule has 1 aromatic carbocycles. The van der Waals surface area contributed by atoms with Gasteiger partial charge in [0.05, 0.1) is 10.2 Å². The summed E-state index contributed by atoms with van der Waals surface area (Å²) in [6.07, 6.45) is 0. The van der Waals surface area contributed by atoms with E-state index in [1.807, 2.05) is 19.0 Å². The number of nitrogens with one attached hydrogen (secondary N) is 1. The summed E-state index contributed by atoms with van der Waals surface area (Å²) in [7, 11) is 3.75. The topological polar surface area (TPSA) is 102 Å². The molecule has 0 aliphatic rings. The summed E-state index contributed by atoms with van der Waals surface area (Å²) in [4.78, 5) is 14.0. The van der Waals surface area contributed by atoms with Crippen LogP contribution in [0.4, 0.5) is 10.2 Å². The molecule has 0 saturated heterocycles. The summed E-state index contributed by atoms with van der Waals surface area (Å²) < 4.78 is 25.2. The van der Waals surface area contributed by atoms with Crippen molar-refractivity contribution in [3.63, 3.8) is 0 Å². The summed E-state index contributed by atoms with van der Waals surface area (Å²) in [6, 6.07) is 4.06. The number of benzene rings is 1. The number of rotatable bonds is 6. The SMILES string of the molecule is CN(C)C(=S)SCCNc1nonc1-c1noc(=O)n1-c1ccc(F)c(Br)c1. The van der Waals surface area contributed by atoms with Crippen molar-refractivity contribution in [1.29, 1.82) is 0 Å². The van der Waals surface area contributed by atoms with Crippen LogP contribution in [0.1, 0.15) is 0 Å². The second kappa shape index (κ2) is 8.84. The molecule has 0 unspecified atom stereocenters. The van der Waals surface area contributed by atoms with E-state index in [1.54, 1.807) is 0 Å². The molecule has 9 nitrogen and oxygen atoms in total. The first kappa shape index (κ1) is 20.5. The molecule has 2 heterocycles. The molecule has 0 fully saturated rings. The van der Waals surface area contributed by atoms with Gasteiger partial charge in [0.2, 0.25) is 11.6 Å². The maximum Gasteiger partial charge on any atom is 0.446 e. The smallest absolute Gasteiger partial charge is 0.364 e. The van der Waals surface area contributed by atoms with Gasteiger partial charge in [0, 0.05) is 26.4 Å². The van der Waals surface area contributed by atoms with Crippen molar-refractivity contribution in [2.45, 2.75) is 0 Å². The first-order valence-corrected chi connectivity index (χ1v) is 10.0. The minimum atomic E-state index is -0.755. The van der Waals surface area contributed by atoms with Crippen LogP contribution in [0, 0.1) is 5.82 Å². The maximum atomic E-state index is 13.5. The van der Waals surface area contributed by atoms with Gasteiger partial charge in [-0.1, -0.05) is 29.1 Å². The molecule has 13 heteroatoms. The Balaban J connectivity index is 1.82. The molecule has 2 aromatic heterocycles. The number of thioether (sulfide) groups is 1. The van der Waals surface area contributed by atoms with Gasteiger partial charge in [-0.3, -0.25) is 4.52 Å². The lowest BCUT2D eigenvalue weighted by atomic mass is 10.3. The molecule has 0 saturated carbocycles. The Morgan fingerprint density at radius 3 is 2.89 bits per heavy atom. The highest BCUT2D eigenvalue weighted by Crippen LogP contribution is 2.26. The summed E-state index contributed by atoms with van der Waals surface area (Å²) in [6.45, 7) is 0.518. The zero-order valence-electron chi connectivity index (χ0n) is 14.7. The van der Waals surface area contributed by atoms with E-state index in [1.165, 1.54) is 30.0 Å². The molecular weight excluding hydrogens is 475 g/mol. The molecule has 0 bridgehead atoms.